The van der Waals surface area contributed by atoms with Crippen LogP contribution in [0, 0.1) is 11.8 Å². The predicted molar refractivity (Wildman–Crippen MR) is 227 cm³/mol. The molecule has 3 atom stereocenters. The summed E-state index contributed by atoms with van der Waals surface area (Å²) in [4.78, 5) is 86.1. The number of carboxylic acid groups (broad SMARTS) is 3. The van der Waals surface area contributed by atoms with Gasteiger partial charge in [-0.25, -0.2) is 14.4 Å². The van der Waals surface area contributed by atoms with Crippen molar-refractivity contribution in [3.8, 4) is 0 Å². The predicted octanol–water partition coefficient (Wildman–Crippen LogP) is 1.94. The molecule has 1 aliphatic rings. The van der Waals surface area contributed by atoms with E-state index in [2.05, 4.69) is 26.6 Å². The summed E-state index contributed by atoms with van der Waals surface area (Å²) in [6, 6.07) is 9.02. The average molecular weight is 873 g/mol. The van der Waals surface area contributed by atoms with Crippen LogP contribution in [-0.2, 0) is 49.4 Å². The maximum absolute atomic E-state index is 13.6. The molecule has 19 nitrogen and oxygen atoms in total. The molecule has 0 saturated heterocycles. The van der Waals surface area contributed by atoms with Crippen LogP contribution in [0.25, 0.3) is 10.8 Å². The molecule has 0 spiro atoms. The summed E-state index contributed by atoms with van der Waals surface area (Å²) in [6.07, 6.45) is 3.33. The fourth-order valence-electron chi connectivity index (χ4n) is 7.00. The van der Waals surface area contributed by atoms with Crippen molar-refractivity contribution in [3.05, 3.63) is 48.0 Å². The molecule has 0 radical (unpaired) electrons. The van der Waals surface area contributed by atoms with Gasteiger partial charge in [-0.2, -0.15) is 0 Å². The van der Waals surface area contributed by atoms with Crippen LogP contribution in [0.1, 0.15) is 76.2 Å². The fraction of sp³-hybridized carbons (Fsp3) is 0.605. The van der Waals surface area contributed by atoms with E-state index in [9.17, 15) is 43.8 Å². The standard InChI is InChI=1S/C43H64N6O13/c44-18-21-61-23-25-62-24-22-60-20-17-37(50)46-28-29-11-15-32(16-12-29)39(53)47-36(27-30-13-14-31-6-1-2-7-33(31)26-30)40(54)45-19-4-3-8-34(41(55)56)48-43(59)49-35(42(57)58)9-5-10-38(51)52/h1-2,6-7,13-14,26,29,32,34-36H,3-5,8-12,15-25,27-28,44H2,(H,45,54)(H,46,50)(H,47,53)(H,51,52)(H,55,56)(H,57,58)(H2,48,49,59)/t29?,32?,34-,35-,36-/m0/s1. The summed E-state index contributed by atoms with van der Waals surface area (Å²) >= 11 is 0. The van der Waals surface area contributed by atoms with Crippen LogP contribution >= 0.6 is 0 Å². The Balaban J connectivity index is 1.45. The Kier molecular flexibility index (Phi) is 23.9. The number of carbonyl (C=O) groups excluding carboxylic acids is 4. The Morgan fingerprint density at radius 1 is 0.661 bits per heavy atom. The molecule has 0 aromatic heterocycles. The summed E-state index contributed by atoms with van der Waals surface area (Å²) < 4.78 is 16.1. The van der Waals surface area contributed by atoms with Crippen molar-refractivity contribution in [2.24, 2.45) is 17.6 Å². The molecule has 0 aliphatic heterocycles. The van der Waals surface area contributed by atoms with Gasteiger partial charge in [-0.15, -0.1) is 0 Å². The molecule has 1 aliphatic carbocycles. The zero-order valence-electron chi connectivity index (χ0n) is 35.3. The number of hydrogen-bond acceptors (Lipinski definition) is 11. The van der Waals surface area contributed by atoms with E-state index in [4.69, 9.17) is 25.1 Å². The first-order valence-corrected chi connectivity index (χ1v) is 21.4. The molecule has 5 amide bonds. The number of hydrogen-bond donors (Lipinski definition) is 9. The molecule has 0 heterocycles. The van der Waals surface area contributed by atoms with E-state index in [1.54, 1.807) is 0 Å². The highest BCUT2D eigenvalue weighted by Gasteiger charge is 2.30. The Bertz CT molecular complexity index is 1740. The minimum atomic E-state index is -1.40. The number of carboxylic acids is 3. The summed E-state index contributed by atoms with van der Waals surface area (Å²) in [5.41, 5.74) is 6.22. The zero-order valence-corrected chi connectivity index (χ0v) is 35.3. The van der Waals surface area contributed by atoms with Gasteiger partial charge in [0.1, 0.15) is 18.1 Å². The fourth-order valence-corrected chi connectivity index (χ4v) is 7.00. The lowest BCUT2D eigenvalue weighted by molar-refractivity contribution is -0.140. The van der Waals surface area contributed by atoms with E-state index in [1.807, 2.05) is 42.5 Å². The van der Waals surface area contributed by atoms with Crippen molar-refractivity contribution in [3.63, 3.8) is 0 Å². The number of urea groups is 1. The van der Waals surface area contributed by atoms with E-state index in [1.165, 1.54) is 0 Å². The second-order valence-electron chi connectivity index (χ2n) is 15.3. The van der Waals surface area contributed by atoms with Crippen LogP contribution in [0.3, 0.4) is 0 Å². The molecule has 0 unspecified atom stereocenters. The molecule has 344 valence electrons. The minimum Gasteiger partial charge on any atom is -0.481 e. The number of benzene rings is 2. The molecular weight excluding hydrogens is 809 g/mol. The van der Waals surface area contributed by atoms with Crippen LogP contribution in [0.2, 0.25) is 0 Å². The van der Waals surface area contributed by atoms with Crippen molar-refractivity contribution < 1.29 is 63.1 Å². The van der Waals surface area contributed by atoms with E-state index >= 15 is 0 Å². The van der Waals surface area contributed by atoms with E-state index in [0.717, 1.165) is 29.2 Å². The number of rotatable bonds is 31. The van der Waals surface area contributed by atoms with E-state index < -0.39 is 48.0 Å². The first-order valence-electron chi connectivity index (χ1n) is 21.4. The highest BCUT2D eigenvalue weighted by atomic mass is 16.5. The van der Waals surface area contributed by atoms with Crippen molar-refractivity contribution in [2.75, 3.05) is 59.3 Å². The maximum atomic E-state index is 13.6. The molecule has 19 heteroatoms. The lowest BCUT2D eigenvalue weighted by atomic mass is 9.81. The van der Waals surface area contributed by atoms with Gasteiger partial charge in [0.25, 0.3) is 0 Å². The SMILES string of the molecule is NCCOCCOCCOCCC(=O)NCC1CCC(C(=O)N[C@@H](Cc2ccc3ccccc3c2)C(=O)NCCCC[C@H](NC(=O)N[C@@H](CCCC(=O)O)C(=O)O)C(=O)O)CC1. The van der Waals surface area contributed by atoms with Gasteiger partial charge in [0.05, 0.1) is 39.6 Å². The molecule has 2 aromatic carbocycles. The highest BCUT2D eigenvalue weighted by Crippen LogP contribution is 2.29. The van der Waals surface area contributed by atoms with Crippen LogP contribution in [0.15, 0.2) is 42.5 Å². The van der Waals surface area contributed by atoms with Gasteiger partial charge in [0.2, 0.25) is 17.7 Å². The third-order valence-corrected chi connectivity index (χ3v) is 10.5. The molecule has 2 aromatic rings. The van der Waals surface area contributed by atoms with Gasteiger partial charge in [0.15, 0.2) is 0 Å². The number of aliphatic carboxylic acids is 3. The Morgan fingerprint density at radius 3 is 1.90 bits per heavy atom. The summed E-state index contributed by atoms with van der Waals surface area (Å²) in [5.74, 6) is -4.64. The second kappa shape index (κ2) is 29.0. The molecule has 3 rings (SSSR count). The Hall–Kier alpha value is -5.37. The number of unbranched alkanes of at least 4 members (excludes halogenated alkanes) is 1. The van der Waals surface area contributed by atoms with Gasteiger partial charge in [0, 0.05) is 44.8 Å². The van der Waals surface area contributed by atoms with Crippen molar-refractivity contribution in [2.45, 2.75) is 95.2 Å². The number of nitrogens with one attached hydrogen (secondary N) is 5. The van der Waals surface area contributed by atoms with Crippen molar-refractivity contribution >= 4 is 52.4 Å². The van der Waals surface area contributed by atoms with Gasteiger partial charge < -0.3 is 61.8 Å². The Labute approximate surface area is 361 Å². The molecule has 1 saturated carbocycles. The molecular formula is C43H64N6O13. The quantitative estimate of drug-likeness (QED) is 0.0490. The normalized spacial score (nSPS) is 16.3. The van der Waals surface area contributed by atoms with E-state index in [0.29, 0.717) is 65.4 Å². The lowest BCUT2D eigenvalue weighted by Gasteiger charge is -2.29. The summed E-state index contributed by atoms with van der Waals surface area (Å²) in [6.45, 7) is 3.59. The van der Waals surface area contributed by atoms with Crippen LogP contribution in [0.5, 0.6) is 0 Å². The lowest BCUT2D eigenvalue weighted by Crippen LogP contribution is -2.51. The van der Waals surface area contributed by atoms with Gasteiger partial charge in [-0.1, -0.05) is 42.5 Å². The summed E-state index contributed by atoms with van der Waals surface area (Å²) in [5, 5.41) is 43.1. The third-order valence-electron chi connectivity index (χ3n) is 10.5. The van der Waals surface area contributed by atoms with Crippen molar-refractivity contribution in [1.29, 1.82) is 0 Å². The first-order chi connectivity index (χ1) is 29.9. The smallest absolute Gasteiger partial charge is 0.326 e. The summed E-state index contributed by atoms with van der Waals surface area (Å²) in [7, 11) is 0. The van der Waals surface area contributed by atoms with Gasteiger partial charge >= 0.3 is 23.9 Å². The zero-order chi connectivity index (χ0) is 45.1. The van der Waals surface area contributed by atoms with Crippen LogP contribution in [-0.4, -0.2) is 134 Å². The van der Waals surface area contributed by atoms with Crippen LogP contribution < -0.4 is 32.3 Å². The largest absolute Gasteiger partial charge is 0.481 e. The molecule has 1 fully saturated rings. The molecule has 62 heavy (non-hydrogen) atoms. The number of amides is 5. The second-order valence-corrected chi connectivity index (χ2v) is 15.3. The van der Waals surface area contributed by atoms with Gasteiger partial charge in [-0.3, -0.25) is 19.2 Å². The monoisotopic (exact) mass is 872 g/mol. The number of carbonyl (C=O) groups is 7. The van der Waals surface area contributed by atoms with Crippen molar-refractivity contribution in [1.82, 2.24) is 26.6 Å². The minimum absolute atomic E-state index is 0.00102. The molecule has 0 bridgehead atoms. The third kappa shape index (κ3) is 20.5. The van der Waals surface area contributed by atoms with Crippen LogP contribution in [0.4, 0.5) is 4.79 Å². The number of nitrogens with two attached hydrogens (primary N) is 1. The Morgan fingerprint density at radius 2 is 1.27 bits per heavy atom. The highest BCUT2D eigenvalue weighted by molar-refractivity contribution is 5.89. The first kappa shape index (κ1) is 51.0. The maximum Gasteiger partial charge on any atom is 0.326 e. The van der Waals surface area contributed by atoms with E-state index in [-0.39, 0.29) is 81.7 Å². The topological polar surface area (TPSA) is 294 Å². The molecule has 10 N–H and O–H groups in total. The number of fused-ring (bicyclic) bond motifs is 1. The van der Waals surface area contributed by atoms with Gasteiger partial charge in [-0.05, 0) is 80.0 Å². The number of ether oxygens (including phenoxy) is 3. The average Bonchev–Trinajstić information content (AvgIpc) is 3.24.